The van der Waals surface area contributed by atoms with Crippen LogP contribution in [0.5, 0.6) is 0 Å². The lowest BCUT2D eigenvalue weighted by Crippen LogP contribution is -2.06. The van der Waals surface area contributed by atoms with Crippen molar-refractivity contribution < 1.29 is 5.11 Å². The molecule has 3 aromatic carbocycles. The van der Waals surface area contributed by atoms with Gasteiger partial charge >= 0.3 is 0 Å². The molecule has 0 aliphatic rings. The Balaban J connectivity index is 1.90. The fourth-order valence-electron chi connectivity index (χ4n) is 3.14. The van der Waals surface area contributed by atoms with E-state index in [1.807, 2.05) is 84.9 Å². The molecule has 4 heteroatoms. The summed E-state index contributed by atoms with van der Waals surface area (Å²) in [5.74, 6) is -0.400. The number of hydrogen-bond acceptors (Lipinski definition) is 4. The van der Waals surface area contributed by atoms with Crippen molar-refractivity contribution >= 4 is 27.1 Å². The number of aliphatic hydroxyl groups excluding tert-OH is 1. The molecule has 1 heterocycles. The van der Waals surface area contributed by atoms with E-state index in [9.17, 15) is 10.4 Å². The Morgan fingerprint density at radius 1 is 0.852 bits per heavy atom. The molecule has 1 aromatic heterocycles. The molecule has 4 aromatic rings. The monoisotopic (exact) mass is 368 g/mol. The number of nitriles is 1. The van der Waals surface area contributed by atoms with Crippen molar-refractivity contribution in [2.75, 3.05) is 0 Å². The standard InChI is InChI=1S/C23H16N2OS/c24-15-18(23-25-19-13-7-8-14-20(19)27-23)22(26)21(16-9-3-1-4-10-16)17-11-5-2-6-12-17/h1-14,21,26H/b22-18+. The summed E-state index contributed by atoms with van der Waals surface area (Å²) in [6.07, 6.45) is 0. The summed E-state index contributed by atoms with van der Waals surface area (Å²) >= 11 is 1.41. The first-order valence-corrected chi connectivity index (χ1v) is 9.38. The Morgan fingerprint density at radius 3 is 1.96 bits per heavy atom. The maximum absolute atomic E-state index is 11.2. The van der Waals surface area contributed by atoms with Gasteiger partial charge in [-0.05, 0) is 23.3 Å². The highest BCUT2D eigenvalue weighted by Crippen LogP contribution is 2.36. The summed E-state index contributed by atoms with van der Waals surface area (Å²) in [5, 5.41) is 21.5. The van der Waals surface area contributed by atoms with Crippen molar-refractivity contribution in [3.8, 4) is 6.07 Å². The van der Waals surface area contributed by atoms with Gasteiger partial charge in [0.25, 0.3) is 0 Å². The number of hydrogen-bond donors (Lipinski definition) is 1. The van der Waals surface area contributed by atoms with Crippen LogP contribution in [0.1, 0.15) is 22.1 Å². The maximum Gasteiger partial charge on any atom is 0.138 e. The van der Waals surface area contributed by atoms with Crippen LogP contribution in [0.25, 0.3) is 15.8 Å². The van der Waals surface area contributed by atoms with Gasteiger partial charge in [0, 0.05) is 0 Å². The number of para-hydroxylation sites is 1. The number of fused-ring (bicyclic) bond motifs is 1. The number of rotatable bonds is 4. The number of aromatic nitrogens is 1. The largest absolute Gasteiger partial charge is 0.510 e. The summed E-state index contributed by atoms with van der Waals surface area (Å²) in [7, 11) is 0. The van der Waals surface area contributed by atoms with Crippen molar-refractivity contribution in [1.82, 2.24) is 4.98 Å². The van der Waals surface area contributed by atoms with Gasteiger partial charge in [-0.3, -0.25) is 0 Å². The molecule has 27 heavy (non-hydrogen) atoms. The Kier molecular flexibility index (Phi) is 4.69. The first-order valence-electron chi connectivity index (χ1n) is 8.57. The highest BCUT2D eigenvalue weighted by molar-refractivity contribution is 7.19. The van der Waals surface area contributed by atoms with Crippen molar-refractivity contribution in [3.63, 3.8) is 0 Å². The van der Waals surface area contributed by atoms with Crippen molar-refractivity contribution in [2.24, 2.45) is 0 Å². The van der Waals surface area contributed by atoms with E-state index in [4.69, 9.17) is 0 Å². The summed E-state index contributed by atoms with van der Waals surface area (Å²) in [6.45, 7) is 0. The van der Waals surface area contributed by atoms with Gasteiger partial charge in [-0.25, -0.2) is 4.98 Å². The molecular weight excluding hydrogens is 352 g/mol. The molecule has 0 aliphatic carbocycles. The van der Waals surface area contributed by atoms with Gasteiger partial charge in [0.1, 0.15) is 22.4 Å². The van der Waals surface area contributed by atoms with E-state index < -0.39 is 5.92 Å². The van der Waals surface area contributed by atoms with Crippen LogP contribution in [0.15, 0.2) is 90.7 Å². The quantitative estimate of drug-likeness (QED) is 0.359. The molecule has 0 unspecified atom stereocenters. The minimum absolute atomic E-state index is 0.0222. The van der Waals surface area contributed by atoms with Crippen LogP contribution >= 0.6 is 11.3 Å². The molecule has 0 aliphatic heterocycles. The normalized spacial score (nSPS) is 12.0. The Labute approximate surface area is 161 Å². The predicted molar refractivity (Wildman–Crippen MR) is 110 cm³/mol. The molecule has 130 valence electrons. The van der Waals surface area contributed by atoms with Crippen LogP contribution in [0.4, 0.5) is 0 Å². The van der Waals surface area contributed by atoms with Crippen LogP contribution in [-0.4, -0.2) is 10.1 Å². The van der Waals surface area contributed by atoms with Gasteiger partial charge < -0.3 is 5.11 Å². The molecule has 3 nitrogen and oxygen atoms in total. The fourth-order valence-corrected chi connectivity index (χ4v) is 4.11. The molecule has 0 bridgehead atoms. The molecule has 0 radical (unpaired) electrons. The Bertz CT molecular complexity index is 1070. The average molecular weight is 368 g/mol. The third-order valence-electron chi connectivity index (χ3n) is 4.41. The van der Waals surface area contributed by atoms with Crippen molar-refractivity contribution in [1.29, 1.82) is 5.26 Å². The maximum atomic E-state index is 11.2. The molecule has 0 fully saturated rings. The van der Waals surface area contributed by atoms with Crippen molar-refractivity contribution in [3.05, 3.63) is 107 Å². The summed E-state index contributed by atoms with van der Waals surface area (Å²) in [6, 6.07) is 29.3. The number of thiazole rings is 1. The average Bonchev–Trinajstić information content (AvgIpc) is 3.14. The number of benzene rings is 3. The van der Waals surface area contributed by atoms with E-state index in [-0.39, 0.29) is 11.3 Å². The second kappa shape index (κ2) is 7.45. The zero-order valence-electron chi connectivity index (χ0n) is 14.4. The summed E-state index contributed by atoms with van der Waals surface area (Å²) in [4.78, 5) is 4.55. The van der Waals surface area contributed by atoms with Crippen LogP contribution in [0.2, 0.25) is 0 Å². The molecule has 0 amide bonds. The first-order chi connectivity index (χ1) is 13.3. The van der Waals surface area contributed by atoms with Gasteiger partial charge in [0.15, 0.2) is 0 Å². The number of allylic oxidation sites excluding steroid dienone is 2. The summed E-state index contributed by atoms with van der Waals surface area (Å²) < 4.78 is 0.990. The minimum Gasteiger partial charge on any atom is -0.510 e. The predicted octanol–water partition coefficient (Wildman–Crippen LogP) is 5.92. The highest BCUT2D eigenvalue weighted by Gasteiger charge is 2.24. The Morgan fingerprint density at radius 2 is 1.41 bits per heavy atom. The first kappa shape index (κ1) is 17.0. The molecule has 0 atom stereocenters. The lowest BCUT2D eigenvalue weighted by molar-refractivity contribution is 0.385. The number of aliphatic hydroxyl groups is 1. The zero-order valence-corrected chi connectivity index (χ0v) is 15.2. The van der Waals surface area contributed by atoms with Crippen LogP contribution in [-0.2, 0) is 0 Å². The molecular formula is C23H16N2OS. The molecule has 4 rings (SSSR count). The van der Waals surface area contributed by atoms with E-state index in [1.165, 1.54) is 11.3 Å². The van der Waals surface area contributed by atoms with E-state index in [2.05, 4.69) is 11.1 Å². The van der Waals surface area contributed by atoms with Crippen molar-refractivity contribution in [2.45, 2.75) is 5.92 Å². The number of nitrogens with zero attached hydrogens (tertiary/aromatic N) is 2. The third kappa shape index (κ3) is 3.33. The van der Waals surface area contributed by atoms with Crippen LogP contribution < -0.4 is 0 Å². The second-order valence-corrected chi connectivity index (χ2v) is 7.14. The third-order valence-corrected chi connectivity index (χ3v) is 5.47. The van der Waals surface area contributed by atoms with E-state index in [1.54, 1.807) is 0 Å². The second-order valence-electron chi connectivity index (χ2n) is 6.11. The van der Waals surface area contributed by atoms with E-state index in [0.29, 0.717) is 5.01 Å². The van der Waals surface area contributed by atoms with Crippen LogP contribution in [0.3, 0.4) is 0 Å². The van der Waals surface area contributed by atoms with Crippen LogP contribution in [0, 0.1) is 11.3 Å². The lowest BCUT2D eigenvalue weighted by atomic mass is 9.88. The van der Waals surface area contributed by atoms with E-state index >= 15 is 0 Å². The SMILES string of the molecule is N#C/C(=C(\O)C(c1ccccc1)c1ccccc1)c1nc2ccccc2s1. The van der Waals surface area contributed by atoms with Gasteiger partial charge in [-0.15, -0.1) is 11.3 Å². The lowest BCUT2D eigenvalue weighted by Gasteiger charge is -2.18. The van der Waals surface area contributed by atoms with Gasteiger partial charge in [-0.2, -0.15) is 5.26 Å². The highest BCUT2D eigenvalue weighted by atomic mass is 32.1. The Hall–Kier alpha value is -3.42. The fraction of sp³-hybridized carbons (Fsp3) is 0.0435. The van der Waals surface area contributed by atoms with Gasteiger partial charge in [0.2, 0.25) is 0 Å². The molecule has 0 saturated carbocycles. The topological polar surface area (TPSA) is 56.9 Å². The smallest absolute Gasteiger partial charge is 0.138 e. The van der Waals surface area contributed by atoms with Gasteiger partial charge in [-0.1, -0.05) is 72.8 Å². The van der Waals surface area contributed by atoms with Gasteiger partial charge in [0.05, 0.1) is 16.1 Å². The molecule has 0 spiro atoms. The molecule has 1 N–H and O–H groups in total. The minimum atomic E-state index is -0.422. The van der Waals surface area contributed by atoms with E-state index in [0.717, 1.165) is 21.3 Å². The molecule has 0 saturated heterocycles. The summed E-state index contributed by atoms with van der Waals surface area (Å²) in [5.41, 5.74) is 2.90. The zero-order chi connectivity index (χ0) is 18.6.